The first-order valence-electron chi connectivity index (χ1n) is 5.62. The number of nitrogens with one attached hydrogen (secondary N) is 2. The van der Waals surface area contributed by atoms with E-state index >= 15 is 0 Å². The summed E-state index contributed by atoms with van der Waals surface area (Å²) in [5, 5.41) is 10.8. The van der Waals surface area contributed by atoms with Gasteiger partial charge in [-0.3, -0.25) is 9.55 Å². The highest BCUT2D eigenvalue weighted by atomic mass is 32.2. The lowest BCUT2D eigenvalue weighted by atomic mass is 10.7. The van der Waals surface area contributed by atoms with Crippen molar-refractivity contribution in [3.8, 4) is 0 Å². The van der Waals surface area contributed by atoms with Crippen LogP contribution in [-0.2, 0) is 0 Å². The van der Waals surface area contributed by atoms with Gasteiger partial charge in [0.25, 0.3) is 0 Å². The van der Waals surface area contributed by atoms with E-state index in [1.54, 1.807) is 24.0 Å². The first kappa shape index (κ1) is 11.3. The van der Waals surface area contributed by atoms with Crippen molar-refractivity contribution in [2.24, 2.45) is 0 Å². The fourth-order valence-electron chi connectivity index (χ4n) is 1.63. The maximum Gasteiger partial charge on any atom is 0.344 e. The first-order chi connectivity index (χ1) is 8.78. The summed E-state index contributed by atoms with van der Waals surface area (Å²) >= 11 is 1.34. The molecule has 0 aromatic carbocycles. The zero-order valence-electron chi connectivity index (χ0n) is 9.75. The van der Waals surface area contributed by atoms with Crippen LogP contribution in [0.3, 0.4) is 0 Å². The van der Waals surface area contributed by atoms with Crippen molar-refractivity contribution in [2.75, 3.05) is 12.4 Å². The third kappa shape index (κ3) is 2.10. The number of anilines is 1. The van der Waals surface area contributed by atoms with Crippen LogP contribution < -0.4 is 11.0 Å². The molecule has 0 atom stereocenters. The lowest BCUT2D eigenvalue weighted by molar-refractivity contribution is 0.642. The zero-order chi connectivity index (χ0) is 12.5. The van der Waals surface area contributed by atoms with Gasteiger partial charge in [0.1, 0.15) is 10.8 Å². The predicted molar refractivity (Wildman–Crippen MR) is 66.8 cm³/mol. The van der Waals surface area contributed by atoms with Crippen LogP contribution in [0.15, 0.2) is 27.4 Å². The molecule has 8 heteroatoms. The minimum atomic E-state index is -0.155. The minimum absolute atomic E-state index is 0.155. The maximum atomic E-state index is 11.6. The smallest absolute Gasteiger partial charge is 0.344 e. The first-order valence-corrected chi connectivity index (χ1v) is 6.44. The highest BCUT2D eigenvalue weighted by Crippen LogP contribution is 2.37. The van der Waals surface area contributed by atoms with E-state index in [4.69, 9.17) is 0 Å². The third-order valence-electron chi connectivity index (χ3n) is 2.65. The number of nitrogens with zero attached hydrogens (tertiary/aromatic N) is 4. The summed E-state index contributed by atoms with van der Waals surface area (Å²) in [7, 11) is 1.78. The lowest BCUT2D eigenvalue weighted by Crippen LogP contribution is -2.16. The molecule has 0 saturated heterocycles. The minimum Gasteiger partial charge on any atom is -0.372 e. The zero-order valence-corrected chi connectivity index (χ0v) is 10.6. The van der Waals surface area contributed by atoms with Crippen LogP contribution in [0.2, 0.25) is 0 Å². The van der Waals surface area contributed by atoms with Crippen LogP contribution in [0.25, 0.3) is 0 Å². The quantitative estimate of drug-likeness (QED) is 0.852. The number of aromatic amines is 1. The van der Waals surface area contributed by atoms with Gasteiger partial charge in [-0.05, 0) is 24.6 Å². The number of rotatable bonds is 4. The molecule has 0 radical (unpaired) electrons. The molecule has 2 aromatic heterocycles. The summed E-state index contributed by atoms with van der Waals surface area (Å²) in [4.78, 5) is 20.0. The molecule has 7 nitrogen and oxygen atoms in total. The molecule has 2 N–H and O–H groups in total. The molecule has 0 unspecified atom stereocenters. The number of hydrogen-bond acceptors (Lipinski definition) is 6. The van der Waals surface area contributed by atoms with Crippen LogP contribution in [0.1, 0.15) is 18.9 Å². The lowest BCUT2D eigenvalue weighted by Gasteiger charge is -2.03. The van der Waals surface area contributed by atoms with E-state index in [1.165, 1.54) is 11.8 Å². The van der Waals surface area contributed by atoms with E-state index in [0.29, 0.717) is 22.0 Å². The Labute approximate surface area is 107 Å². The van der Waals surface area contributed by atoms with Gasteiger partial charge in [-0.15, -0.1) is 5.10 Å². The van der Waals surface area contributed by atoms with Gasteiger partial charge < -0.3 is 5.32 Å². The average Bonchev–Trinajstić information content (AvgIpc) is 3.15. The highest BCUT2D eigenvalue weighted by Gasteiger charge is 2.28. The normalized spacial score (nSPS) is 14.7. The van der Waals surface area contributed by atoms with Gasteiger partial charge in [-0.1, -0.05) is 0 Å². The van der Waals surface area contributed by atoms with Crippen molar-refractivity contribution >= 4 is 17.6 Å². The molecule has 2 aromatic rings. The van der Waals surface area contributed by atoms with Crippen molar-refractivity contribution in [3.63, 3.8) is 0 Å². The maximum absolute atomic E-state index is 11.6. The van der Waals surface area contributed by atoms with E-state index in [-0.39, 0.29) is 5.69 Å². The van der Waals surface area contributed by atoms with Crippen molar-refractivity contribution in [2.45, 2.75) is 29.1 Å². The Balaban J connectivity index is 1.89. The molecule has 1 saturated carbocycles. The summed E-state index contributed by atoms with van der Waals surface area (Å²) in [5.74, 6) is 0.691. The van der Waals surface area contributed by atoms with Gasteiger partial charge in [0.05, 0.1) is 12.4 Å². The molecular formula is C10H12N6OS. The van der Waals surface area contributed by atoms with Crippen LogP contribution in [0.4, 0.5) is 5.82 Å². The number of hydrogen-bond donors (Lipinski definition) is 2. The van der Waals surface area contributed by atoms with Gasteiger partial charge in [0, 0.05) is 13.1 Å². The molecule has 1 aliphatic rings. The third-order valence-corrected chi connectivity index (χ3v) is 3.52. The second-order valence-corrected chi connectivity index (χ2v) is 4.99. The van der Waals surface area contributed by atoms with Crippen molar-refractivity contribution < 1.29 is 0 Å². The summed E-state index contributed by atoms with van der Waals surface area (Å²) < 4.78 is 1.69. The molecule has 2 heterocycles. The Morgan fingerprint density at radius 3 is 3.06 bits per heavy atom. The van der Waals surface area contributed by atoms with E-state index < -0.39 is 0 Å². The highest BCUT2D eigenvalue weighted by molar-refractivity contribution is 7.99. The van der Waals surface area contributed by atoms with E-state index in [1.807, 2.05) is 0 Å². The summed E-state index contributed by atoms with van der Waals surface area (Å²) in [6.07, 6.45) is 5.37. The van der Waals surface area contributed by atoms with Crippen molar-refractivity contribution in [1.29, 1.82) is 0 Å². The van der Waals surface area contributed by atoms with E-state index in [9.17, 15) is 4.79 Å². The molecule has 0 aliphatic heterocycles. The molecule has 94 valence electrons. The second kappa shape index (κ2) is 4.45. The summed E-state index contributed by atoms with van der Waals surface area (Å²) in [6, 6.07) is 0.291. The van der Waals surface area contributed by atoms with Gasteiger partial charge in [-0.2, -0.15) is 0 Å². The topological polar surface area (TPSA) is 88.5 Å². The average molecular weight is 264 g/mol. The fourth-order valence-corrected chi connectivity index (χ4v) is 2.49. The Bertz CT molecular complexity index is 617. The Hall–Kier alpha value is -1.83. The molecule has 0 amide bonds. The molecule has 0 bridgehead atoms. The fraction of sp³-hybridized carbons (Fsp3) is 0.400. The molecule has 18 heavy (non-hydrogen) atoms. The van der Waals surface area contributed by atoms with Gasteiger partial charge in [-0.25, -0.2) is 14.9 Å². The summed E-state index contributed by atoms with van der Waals surface area (Å²) in [6.45, 7) is 0. The van der Waals surface area contributed by atoms with Gasteiger partial charge in [0.15, 0.2) is 5.16 Å². The van der Waals surface area contributed by atoms with Gasteiger partial charge >= 0.3 is 5.69 Å². The standard InChI is InChI=1S/C10H12N6OS/c1-11-7-4-12-5-8(13-7)18-10-15-14-9(17)16(10)6-2-3-6/h4-6H,2-3H2,1H3,(H,11,13)(H,14,17). The molecular weight excluding hydrogens is 252 g/mol. The monoisotopic (exact) mass is 264 g/mol. The van der Waals surface area contributed by atoms with Crippen LogP contribution in [0, 0.1) is 0 Å². The Morgan fingerprint density at radius 2 is 2.33 bits per heavy atom. The summed E-state index contributed by atoms with van der Waals surface area (Å²) in [5.41, 5.74) is -0.155. The van der Waals surface area contributed by atoms with Crippen LogP contribution in [-0.4, -0.2) is 31.8 Å². The second-order valence-electron chi connectivity index (χ2n) is 4.01. The SMILES string of the molecule is CNc1cncc(Sc2n[nH]c(=O)n2C2CC2)n1. The molecule has 1 fully saturated rings. The molecule has 0 spiro atoms. The van der Waals surface area contributed by atoms with E-state index in [0.717, 1.165) is 12.8 Å². The number of H-pyrrole nitrogens is 1. The predicted octanol–water partition coefficient (Wildman–Crippen LogP) is 0.889. The van der Waals surface area contributed by atoms with Crippen LogP contribution >= 0.6 is 11.8 Å². The Kier molecular flexibility index (Phi) is 2.78. The Morgan fingerprint density at radius 1 is 1.50 bits per heavy atom. The van der Waals surface area contributed by atoms with Gasteiger partial charge in [0.2, 0.25) is 0 Å². The van der Waals surface area contributed by atoms with Crippen molar-refractivity contribution in [1.82, 2.24) is 24.7 Å². The van der Waals surface area contributed by atoms with Crippen LogP contribution in [0.5, 0.6) is 0 Å². The molecule has 3 rings (SSSR count). The van der Waals surface area contributed by atoms with E-state index in [2.05, 4.69) is 25.5 Å². The molecule has 1 aliphatic carbocycles. The number of aromatic nitrogens is 5. The van der Waals surface area contributed by atoms with Crippen molar-refractivity contribution in [3.05, 3.63) is 22.9 Å². The largest absolute Gasteiger partial charge is 0.372 e.